The van der Waals surface area contributed by atoms with Crippen LogP contribution in [0.15, 0.2) is 77.7 Å². The molecule has 5 N–H and O–H groups in total. The first-order valence-corrected chi connectivity index (χ1v) is 16.6. The Bertz CT molecular complexity index is 1800. The highest BCUT2D eigenvalue weighted by molar-refractivity contribution is 7.92. The molecule has 12 nitrogen and oxygen atoms in total. The van der Waals surface area contributed by atoms with Crippen LogP contribution in [-0.4, -0.2) is 73.4 Å². The SMILES string of the molecule is CCOC(=O)CC(C(N)=O)n1c(Cc2ccc(C(=N)N)cc2)nc2cc(N(CCN(CC)CC)S(=O)(=O)c3ccccc3)ccc21.Cl.Cl. The number of ether oxygens (including phenoxy) is 1. The number of fused-ring (bicyclic) bond motifs is 1. The first-order chi connectivity index (χ1) is 22.0. The molecule has 1 heterocycles. The number of sulfonamides is 1. The summed E-state index contributed by atoms with van der Waals surface area (Å²) in [5.41, 5.74) is 14.2. The third-order valence-electron chi connectivity index (χ3n) is 7.81. The highest BCUT2D eigenvalue weighted by atomic mass is 35.5. The van der Waals surface area contributed by atoms with Crippen molar-refractivity contribution in [2.24, 2.45) is 11.5 Å². The summed E-state index contributed by atoms with van der Waals surface area (Å²) >= 11 is 0. The number of primary amides is 1. The first-order valence-electron chi connectivity index (χ1n) is 15.2. The summed E-state index contributed by atoms with van der Waals surface area (Å²) in [5, 5.41) is 7.68. The van der Waals surface area contributed by atoms with E-state index in [1.807, 2.05) is 13.8 Å². The van der Waals surface area contributed by atoms with Gasteiger partial charge in [-0.1, -0.05) is 56.3 Å². The zero-order valence-electron chi connectivity index (χ0n) is 27.2. The second kappa shape index (κ2) is 17.8. The zero-order valence-corrected chi connectivity index (χ0v) is 29.6. The lowest BCUT2D eigenvalue weighted by Crippen LogP contribution is -2.38. The summed E-state index contributed by atoms with van der Waals surface area (Å²) in [6, 6.07) is 19.3. The number of amidine groups is 1. The van der Waals surface area contributed by atoms with Crippen LogP contribution in [0.5, 0.6) is 0 Å². The van der Waals surface area contributed by atoms with Gasteiger partial charge in [-0.05, 0) is 55.9 Å². The van der Waals surface area contributed by atoms with Gasteiger partial charge in [-0.25, -0.2) is 13.4 Å². The summed E-state index contributed by atoms with van der Waals surface area (Å²) < 4.78 is 36.1. The number of anilines is 1. The number of nitrogens with zero attached hydrogens (tertiary/aromatic N) is 4. The number of esters is 1. The number of nitrogens with two attached hydrogens (primary N) is 2. The van der Waals surface area contributed by atoms with Crippen LogP contribution < -0.4 is 15.8 Å². The number of hydrogen-bond donors (Lipinski definition) is 3. The van der Waals surface area contributed by atoms with E-state index in [9.17, 15) is 18.0 Å². The summed E-state index contributed by atoms with van der Waals surface area (Å²) in [6.07, 6.45) is -0.0478. The number of likely N-dealkylation sites (N-methyl/N-ethyl adjacent to an activating group) is 1. The van der Waals surface area contributed by atoms with Gasteiger partial charge in [0.25, 0.3) is 10.0 Å². The molecule has 15 heteroatoms. The van der Waals surface area contributed by atoms with Crippen molar-refractivity contribution in [2.45, 2.75) is 44.6 Å². The van der Waals surface area contributed by atoms with Crippen molar-refractivity contribution in [3.05, 3.63) is 89.7 Å². The highest BCUT2D eigenvalue weighted by Crippen LogP contribution is 2.31. The van der Waals surface area contributed by atoms with Crippen molar-refractivity contribution in [3.63, 3.8) is 0 Å². The van der Waals surface area contributed by atoms with Crippen molar-refractivity contribution >= 4 is 69.3 Å². The average Bonchev–Trinajstić information content (AvgIpc) is 3.39. The van der Waals surface area contributed by atoms with Crippen LogP contribution in [-0.2, 0) is 30.8 Å². The van der Waals surface area contributed by atoms with Gasteiger partial charge in [0.05, 0.1) is 34.6 Å². The number of carbonyl (C=O) groups is 2. The third-order valence-corrected chi connectivity index (χ3v) is 9.65. The van der Waals surface area contributed by atoms with E-state index < -0.39 is 27.9 Å². The molecule has 1 aromatic heterocycles. The lowest BCUT2D eigenvalue weighted by molar-refractivity contribution is -0.145. The number of hydrogen-bond acceptors (Lipinski definition) is 8. The molecule has 0 aliphatic rings. The molecule has 0 fully saturated rings. The topological polar surface area (TPSA) is 178 Å². The molecule has 1 unspecified atom stereocenters. The van der Waals surface area contributed by atoms with E-state index >= 15 is 0 Å². The maximum atomic E-state index is 14.0. The lowest BCUT2D eigenvalue weighted by atomic mass is 10.1. The van der Waals surface area contributed by atoms with E-state index in [4.69, 9.17) is 26.6 Å². The quantitative estimate of drug-likeness (QED) is 0.0873. The Morgan fingerprint density at radius 1 is 0.938 bits per heavy atom. The van der Waals surface area contributed by atoms with E-state index in [0.29, 0.717) is 34.7 Å². The molecule has 0 saturated carbocycles. The smallest absolute Gasteiger partial charge is 0.308 e. The Balaban J connectivity index is 0.00000400. The molecule has 1 amide bonds. The fraction of sp³-hybridized carbons (Fsp3) is 0.333. The fourth-order valence-corrected chi connectivity index (χ4v) is 6.79. The van der Waals surface area contributed by atoms with Gasteiger partial charge in [0.15, 0.2) is 0 Å². The van der Waals surface area contributed by atoms with Crippen molar-refractivity contribution in [1.29, 1.82) is 5.41 Å². The third kappa shape index (κ3) is 9.25. The molecule has 0 aliphatic heterocycles. The Kier molecular flexibility index (Phi) is 14.9. The van der Waals surface area contributed by atoms with Crippen LogP contribution in [0.25, 0.3) is 11.0 Å². The molecule has 48 heavy (non-hydrogen) atoms. The summed E-state index contributed by atoms with van der Waals surface area (Å²) in [5.74, 6) is -0.947. The van der Waals surface area contributed by atoms with Crippen molar-refractivity contribution in [2.75, 3.05) is 37.1 Å². The Hall–Kier alpha value is -4.17. The lowest BCUT2D eigenvalue weighted by Gasteiger charge is -2.28. The summed E-state index contributed by atoms with van der Waals surface area (Å²) in [7, 11) is -3.94. The largest absolute Gasteiger partial charge is 0.466 e. The van der Waals surface area contributed by atoms with Crippen LogP contribution in [0.1, 0.15) is 50.2 Å². The van der Waals surface area contributed by atoms with Gasteiger partial charge in [0.1, 0.15) is 17.7 Å². The van der Waals surface area contributed by atoms with E-state index in [2.05, 4.69) is 4.90 Å². The minimum absolute atomic E-state index is 0. The van der Waals surface area contributed by atoms with Gasteiger partial charge >= 0.3 is 5.97 Å². The van der Waals surface area contributed by atoms with E-state index in [0.717, 1.165) is 18.7 Å². The molecule has 3 aromatic carbocycles. The van der Waals surface area contributed by atoms with E-state index in [-0.39, 0.29) is 61.5 Å². The van der Waals surface area contributed by atoms with Crippen LogP contribution in [0.4, 0.5) is 5.69 Å². The Morgan fingerprint density at radius 3 is 2.15 bits per heavy atom. The number of benzene rings is 3. The number of carbonyl (C=O) groups excluding carboxylic acids is 2. The molecular weight excluding hydrogens is 677 g/mol. The molecule has 4 rings (SSSR count). The molecular formula is C33H43Cl2N7O5S. The number of nitrogens with one attached hydrogen (secondary N) is 1. The maximum Gasteiger partial charge on any atom is 0.308 e. The number of halogens is 2. The second-order valence-corrected chi connectivity index (χ2v) is 12.6. The molecule has 0 saturated heterocycles. The van der Waals surface area contributed by atoms with Gasteiger partial charge in [0, 0.05) is 25.1 Å². The number of rotatable bonds is 16. The predicted octanol–water partition coefficient (Wildman–Crippen LogP) is 4.27. The van der Waals surface area contributed by atoms with E-state index in [1.165, 1.54) is 4.31 Å². The van der Waals surface area contributed by atoms with Crippen LogP contribution in [0.3, 0.4) is 0 Å². The van der Waals surface area contributed by atoms with E-state index in [1.54, 1.807) is 84.3 Å². The Morgan fingerprint density at radius 2 is 1.58 bits per heavy atom. The summed E-state index contributed by atoms with van der Waals surface area (Å²) in [6.45, 7) is 8.13. The zero-order chi connectivity index (χ0) is 33.4. The van der Waals surface area contributed by atoms with Crippen LogP contribution >= 0.6 is 24.8 Å². The molecule has 1 atom stereocenters. The van der Waals surface area contributed by atoms with Gasteiger partial charge < -0.3 is 25.7 Å². The molecule has 0 bridgehead atoms. The average molecular weight is 721 g/mol. The van der Waals surface area contributed by atoms with Gasteiger partial charge in [0.2, 0.25) is 5.91 Å². The number of amides is 1. The molecule has 4 aromatic rings. The van der Waals surface area contributed by atoms with Crippen molar-refractivity contribution in [1.82, 2.24) is 14.5 Å². The van der Waals surface area contributed by atoms with Crippen LogP contribution in [0.2, 0.25) is 0 Å². The van der Waals surface area contributed by atoms with Gasteiger partial charge in [-0.2, -0.15) is 0 Å². The summed E-state index contributed by atoms with van der Waals surface area (Å²) in [4.78, 5) is 32.5. The predicted molar refractivity (Wildman–Crippen MR) is 193 cm³/mol. The second-order valence-electron chi connectivity index (χ2n) is 10.7. The van der Waals surface area contributed by atoms with Crippen LogP contribution in [0, 0.1) is 5.41 Å². The monoisotopic (exact) mass is 719 g/mol. The molecule has 260 valence electrons. The normalized spacial score (nSPS) is 11.8. The number of aromatic nitrogens is 2. The first kappa shape index (κ1) is 40.0. The number of nitrogen functional groups attached to an aromatic ring is 1. The fourth-order valence-electron chi connectivity index (χ4n) is 5.33. The number of imidazole rings is 1. The minimum Gasteiger partial charge on any atom is -0.466 e. The Labute approximate surface area is 293 Å². The standard InChI is InChI=1S/C33H41N7O5S.2ClH/c1-4-38(5-2)18-19-39(46(43,44)26-10-8-7-9-11-26)25-16-17-28-27(21-25)37-30(20-23-12-14-24(15-13-23)32(34)35)40(28)29(33(36)42)22-31(41)45-6-3;;/h7-17,21,29H,4-6,18-20,22H2,1-3H3,(H3,34,35)(H2,36,42);2*1H. The molecule has 0 radical (unpaired) electrons. The molecule has 0 aliphatic carbocycles. The van der Waals surface area contributed by atoms with Crippen molar-refractivity contribution in [3.8, 4) is 0 Å². The maximum absolute atomic E-state index is 14.0. The van der Waals surface area contributed by atoms with Gasteiger partial charge in [-0.15, -0.1) is 24.8 Å². The molecule has 0 spiro atoms. The van der Waals surface area contributed by atoms with Crippen molar-refractivity contribution < 1.29 is 22.7 Å². The van der Waals surface area contributed by atoms with Gasteiger partial charge in [-0.3, -0.25) is 19.3 Å². The minimum atomic E-state index is -3.94. The highest BCUT2D eigenvalue weighted by Gasteiger charge is 2.29.